The summed E-state index contributed by atoms with van der Waals surface area (Å²) in [6.07, 6.45) is 4.46. The van der Waals surface area contributed by atoms with Gasteiger partial charge in [0.2, 0.25) is 0 Å². The standard InChI is InChI=1S/C26H26Si.2C5H5.Ti/c1-27(2,3)21-25(22-13-7-4-8-14-22)19-20-26(23-15-9-5-10-16-23)24-17-11-6-12-18-24;2*1-2-4-5-3-1;/h4-20H,1-3H3;2*1-5H;/q-2;-5;-1;. The molecule has 0 bridgehead atoms. The minimum atomic E-state index is -1.48. The molecule has 38 heavy (non-hydrogen) atoms. The van der Waals surface area contributed by atoms with E-state index in [1.54, 1.807) is 0 Å². The molecule has 0 spiro atoms. The van der Waals surface area contributed by atoms with Gasteiger partial charge in [0.25, 0.3) is 0 Å². The molecule has 5 rings (SSSR count). The predicted octanol–water partition coefficient (Wildman–Crippen LogP) is 9.90. The second-order valence-corrected chi connectivity index (χ2v) is 14.3. The van der Waals surface area contributed by atoms with E-state index >= 15 is 0 Å². The van der Waals surface area contributed by atoms with Gasteiger partial charge in [0.1, 0.15) is 0 Å². The van der Waals surface area contributed by atoms with Gasteiger partial charge in [0.05, 0.1) is 0 Å². The van der Waals surface area contributed by atoms with Gasteiger partial charge in [-0.15, -0.1) is 0 Å². The summed E-state index contributed by atoms with van der Waals surface area (Å²) >= 11 is 0. The van der Waals surface area contributed by atoms with Crippen LogP contribution < -0.4 is 0 Å². The molecule has 0 saturated carbocycles. The largest absolute Gasteiger partial charge is 0.748 e. The monoisotopic (exact) mass is 544 g/mol. The molecule has 0 saturated heterocycles. The van der Waals surface area contributed by atoms with E-state index < -0.39 is 8.07 Å². The molecule has 0 radical (unpaired) electrons. The van der Waals surface area contributed by atoms with E-state index in [4.69, 9.17) is 0 Å². The van der Waals surface area contributed by atoms with Crippen molar-refractivity contribution in [2.45, 2.75) is 19.6 Å². The Kier molecular flexibility index (Phi) is 14.0. The third-order valence-corrected chi connectivity index (χ3v) is 6.31. The quantitative estimate of drug-likeness (QED) is 0.147. The third-order valence-electron chi connectivity index (χ3n) is 5.29. The second kappa shape index (κ2) is 17.2. The summed E-state index contributed by atoms with van der Waals surface area (Å²) in [6, 6.07) is 51.7. The number of rotatable bonds is 6. The first-order chi connectivity index (χ1) is 18.0. The summed E-state index contributed by atoms with van der Waals surface area (Å²) in [5.41, 5.74) is 9.85. The molecular weight excluding hydrogens is 508 g/mol. The second-order valence-electron chi connectivity index (χ2n) is 9.56. The fourth-order valence-corrected chi connectivity index (χ4v) is 4.67. The summed E-state index contributed by atoms with van der Waals surface area (Å²) in [4.78, 5) is 0. The maximum atomic E-state index is 3.79. The van der Waals surface area contributed by atoms with Crippen LogP contribution in [-0.4, -0.2) is 8.07 Å². The fourth-order valence-electron chi connectivity index (χ4n) is 3.63. The molecule has 0 aromatic heterocycles. The molecular formula is C36H36SiTi-8. The van der Waals surface area contributed by atoms with Gasteiger partial charge in [-0.05, 0) is 16.7 Å². The Morgan fingerprint density at radius 1 is 0.605 bits per heavy atom. The van der Waals surface area contributed by atoms with E-state index in [1.807, 2.05) is 60.7 Å². The zero-order valence-electron chi connectivity index (χ0n) is 22.6. The molecule has 0 unspecified atom stereocenters. The molecule has 2 heteroatoms. The first kappa shape index (κ1) is 30.9. The van der Waals surface area contributed by atoms with Gasteiger partial charge in [-0.1, -0.05) is 107 Å². The van der Waals surface area contributed by atoms with Crippen molar-refractivity contribution in [3.05, 3.63) is 187 Å². The van der Waals surface area contributed by atoms with Crippen LogP contribution in [0.4, 0.5) is 0 Å². The van der Waals surface area contributed by atoms with Crippen LogP contribution in [0.15, 0.2) is 158 Å². The van der Waals surface area contributed by atoms with Crippen LogP contribution >= 0.6 is 0 Å². The number of hydrogen-bond donors (Lipinski definition) is 0. The molecule has 0 nitrogen and oxygen atoms in total. The zero-order valence-corrected chi connectivity index (χ0v) is 25.2. The Bertz CT molecular complexity index is 1170. The van der Waals surface area contributed by atoms with Gasteiger partial charge in [-0.25, -0.2) is 17.7 Å². The molecule has 5 aromatic rings. The maximum Gasteiger partial charge on any atom is 0 e. The molecule has 0 heterocycles. The Morgan fingerprint density at radius 2 is 1.00 bits per heavy atom. The minimum Gasteiger partial charge on any atom is -0.748 e. The van der Waals surface area contributed by atoms with Gasteiger partial charge in [0, 0.05) is 21.7 Å². The summed E-state index contributed by atoms with van der Waals surface area (Å²) in [7, 11) is -1.48. The van der Waals surface area contributed by atoms with Crippen molar-refractivity contribution in [2.24, 2.45) is 0 Å². The Morgan fingerprint density at radius 3 is 1.34 bits per heavy atom. The van der Waals surface area contributed by atoms with E-state index in [-0.39, 0.29) is 21.7 Å². The number of benzene rings is 3. The van der Waals surface area contributed by atoms with Crippen LogP contribution in [-0.2, 0) is 21.7 Å². The minimum absolute atomic E-state index is 0. The molecule has 0 atom stereocenters. The van der Waals surface area contributed by atoms with Gasteiger partial charge in [0.15, 0.2) is 0 Å². The number of hydrogen-bond acceptors (Lipinski definition) is 0. The van der Waals surface area contributed by atoms with Crippen molar-refractivity contribution < 1.29 is 21.7 Å². The first-order valence-electron chi connectivity index (χ1n) is 12.7. The van der Waals surface area contributed by atoms with Gasteiger partial charge < -0.3 is 41.6 Å². The van der Waals surface area contributed by atoms with Crippen LogP contribution in [0, 0.1) is 12.1 Å². The van der Waals surface area contributed by atoms with Crippen molar-refractivity contribution in [1.82, 2.24) is 0 Å². The topological polar surface area (TPSA) is 0 Å². The van der Waals surface area contributed by atoms with Crippen molar-refractivity contribution in [3.63, 3.8) is 0 Å². The van der Waals surface area contributed by atoms with Crippen LogP contribution in [0.3, 0.4) is 0 Å². The van der Waals surface area contributed by atoms with E-state index in [0.717, 1.165) is 0 Å². The summed E-state index contributed by atoms with van der Waals surface area (Å²) < 4.78 is 0. The Labute approximate surface area is 246 Å². The third kappa shape index (κ3) is 11.8. The molecule has 0 amide bonds. The van der Waals surface area contributed by atoms with Crippen molar-refractivity contribution in [2.75, 3.05) is 0 Å². The molecule has 0 N–H and O–H groups in total. The average Bonchev–Trinajstić information content (AvgIpc) is 3.69. The zero-order chi connectivity index (χ0) is 26.2. The van der Waals surface area contributed by atoms with E-state index in [0.29, 0.717) is 0 Å². The fraction of sp³-hybridized carbons (Fsp3) is 0.0833. The molecule has 5 aromatic carbocycles. The molecule has 0 fully saturated rings. The van der Waals surface area contributed by atoms with Gasteiger partial charge in [-0.3, -0.25) is 6.42 Å². The Balaban J connectivity index is 0.000000382. The predicted molar refractivity (Wildman–Crippen MR) is 165 cm³/mol. The molecule has 0 aliphatic carbocycles. The van der Waals surface area contributed by atoms with Crippen LogP contribution in [0.1, 0.15) is 16.7 Å². The average molecular weight is 545 g/mol. The normalized spacial score (nSPS) is 10.4. The van der Waals surface area contributed by atoms with Gasteiger partial charge >= 0.3 is 0 Å². The van der Waals surface area contributed by atoms with Crippen LogP contribution in [0.5, 0.6) is 0 Å². The number of allylic oxidation sites excluding steroid dienone is 2. The summed E-state index contributed by atoms with van der Waals surface area (Å²) in [5.74, 6) is 0. The first-order valence-corrected chi connectivity index (χ1v) is 16.2. The smallest absolute Gasteiger partial charge is 0 e. The van der Waals surface area contributed by atoms with Crippen LogP contribution in [0.2, 0.25) is 19.6 Å². The van der Waals surface area contributed by atoms with Crippen LogP contribution in [0.25, 0.3) is 11.1 Å². The molecule has 196 valence electrons. The Hall–Kier alpha value is -3.36. The maximum absolute atomic E-state index is 3.79. The summed E-state index contributed by atoms with van der Waals surface area (Å²) in [6.45, 7) is 6.97. The van der Waals surface area contributed by atoms with Gasteiger partial charge in [-0.2, -0.15) is 36.4 Å². The summed E-state index contributed by atoms with van der Waals surface area (Å²) in [5, 5.41) is 0. The van der Waals surface area contributed by atoms with E-state index in [2.05, 4.69) is 129 Å². The molecule has 0 aliphatic heterocycles. The van der Waals surface area contributed by atoms with Crippen molar-refractivity contribution >= 4 is 19.2 Å². The SMILES string of the molecule is C[Si](C)(C)[C-]=C([CH-]C=C(c1ccccc1)c1ccccc1)c1ccccc1.[Ti].[cH-]1[cH-][cH-][cH-][cH-]1.c1cc[cH-]c1. The van der Waals surface area contributed by atoms with Crippen molar-refractivity contribution in [3.8, 4) is 0 Å². The van der Waals surface area contributed by atoms with E-state index in [9.17, 15) is 0 Å². The molecule has 0 aliphatic rings. The van der Waals surface area contributed by atoms with E-state index in [1.165, 1.54) is 27.8 Å². The van der Waals surface area contributed by atoms with Crippen molar-refractivity contribution in [1.29, 1.82) is 0 Å².